The lowest BCUT2D eigenvalue weighted by molar-refractivity contribution is 0.458. The molecule has 1 aliphatic carbocycles. The van der Waals surface area contributed by atoms with Gasteiger partial charge in [0.1, 0.15) is 18.2 Å². The monoisotopic (exact) mass is 364 g/mol. The van der Waals surface area contributed by atoms with E-state index in [-0.39, 0.29) is 5.82 Å². The van der Waals surface area contributed by atoms with E-state index in [4.69, 9.17) is 11.6 Å². The lowest BCUT2D eigenvalue weighted by Gasteiger charge is -2.23. The number of benzene rings is 1. The summed E-state index contributed by atoms with van der Waals surface area (Å²) in [4.78, 5) is 6.53. The minimum Gasteiger partial charge on any atom is -0.353 e. The van der Waals surface area contributed by atoms with Crippen LogP contribution < -0.4 is 5.32 Å². The molecule has 0 bridgehead atoms. The van der Waals surface area contributed by atoms with Gasteiger partial charge in [0.2, 0.25) is 0 Å². The molecule has 0 radical (unpaired) electrons. The molecule has 0 unspecified atom stereocenters. The van der Waals surface area contributed by atoms with E-state index >= 15 is 0 Å². The number of hydrogen-bond donors (Lipinski definition) is 1. The predicted octanol–water partition coefficient (Wildman–Crippen LogP) is 2.66. The zero-order valence-corrected chi connectivity index (χ0v) is 15.4. The first kappa shape index (κ1) is 17.7. The number of aromatic nitrogens is 3. The predicted molar refractivity (Wildman–Crippen MR) is 95.9 cm³/mol. The molecule has 6 nitrogen and oxygen atoms in total. The number of guanidine groups is 1. The van der Waals surface area contributed by atoms with Crippen molar-refractivity contribution in [1.82, 2.24) is 25.0 Å². The highest BCUT2D eigenvalue weighted by molar-refractivity contribution is 6.31. The Morgan fingerprint density at radius 1 is 1.44 bits per heavy atom. The molecule has 1 fully saturated rings. The van der Waals surface area contributed by atoms with Crippen LogP contribution in [0.15, 0.2) is 23.2 Å². The molecule has 25 heavy (non-hydrogen) atoms. The summed E-state index contributed by atoms with van der Waals surface area (Å²) < 4.78 is 16.0. The van der Waals surface area contributed by atoms with E-state index in [1.165, 1.54) is 6.07 Å². The van der Waals surface area contributed by atoms with Gasteiger partial charge in [-0.1, -0.05) is 17.7 Å². The van der Waals surface area contributed by atoms with Gasteiger partial charge in [-0.25, -0.2) is 9.38 Å². The Bertz CT molecular complexity index is 763. The van der Waals surface area contributed by atoms with Crippen molar-refractivity contribution in [2.24, 2.45) is 12.0 Å². The molecule has 1 aromatic carbocycles. The lowest BCUT2D eigenvalue weighted by Crippen LogP contribution is -2.40. The van der Waals surface area contributed by atoms with Crippen LogP contribution >= 0.6 is 11.6 Å². The fourth-order valence-electron chi connectivity index (χ4n) is 2.42. The molecule has 1 N–H and O–H groups in total. The second-order valence-corrected chi connectivity index (χ2v) is 6.74. The SMILES string of the molecule is Cc1nnc(CN=C(NC2CC2)N(C)Cc2c(F)cccc2Cl)n1C. The van der Waals surface area contributed by atoms with Gasteiger partial charge >= 0.3 is 0 Å². The number of halogens is 2. The van der Waals surface area contributed by atoms with E-state index in [0.29, 0.717) is 35.7 Å². The van der Waals surface area contributed by atoms with Crippen LogP contribution in [0, 0.1) is 12.7 Å². The highest BCUT2D eigenvalue weighted by Crippen LogP contribution is 2.22. The maximum Gasteiger partial charge on any atom is 0.194 e. The zero-order chi connectivity index (χ0) is 18.0. The van der Waals surface area contributed by atoms with Crippen molar-refractivity contribution in [3.63, 3.8) is 0 Å². The van der Waals surface area contributed by atoms with Gasteiger partial charge < -0.3 is 14.8 Å². The minimum absolute atomic E-state index is 0.311. The Hall–Kier alpha value is -2.15. The Balaban J connectivity index is 1.77. The van der Waals surface area contributed by atoms with Crippen LogP contribution in [-0.2, 0) is 20.1 Å². The molecule has 3 rings (SSSR count). The lowest BCUT2D eigenvalue weighted by atomic mass is 10.2. The molecular formula is C17H22ClFN6. The average Bonchev–Trinajstić information content (AvgIpc) is 3.34. The molecule has 2 aromatic rings. The van der Waals surface area contributed by atoms with Crippen molar-refractivity contribution in [3.05, 3.63) is 46.3 Å². The molecule has 0 aliphatic heterocycles. The first-order valence-electron chi connectivity index (χ1n) is 8.25. The molecule has 1 heterocycles. The second kappa shape index (κ2) is 7.39. The van der Waals surface area contributed by atoms with E-state index in [1.807, 2.05) is 30.5 Å². The number of nitrogens with zero attached hydrogens (tertiary/aromatic N) is 5. The first-order valence-corrected chi connectivity index (χ1v) is 8.63. The number of hydrogen-bond acceptors (Lipinski definition) is 3. The topological polar surface area (TPSA) is 58.3 Å². The summed E-state index contributed by atoms with van der Waals surface area (Å²) in [5.41, 5.74) is 0.464. The van der Waals surface area contributed by atoms with Gasteiger partial charge in [-0.3, -0.25) is 0 Å². The Morgan fingerprint density at radius 3 is 2.80 bits per heavy atom. The summed E-state index contributed by atoms with van der Waals surface area (Å²) in [6.45, 7) is 2.64. The third-order valence-corrected chi connectivity index (χ3v) is 4.64. The number of rotatable bonds is 5. The van der Waals surface area contributed by atoms with E-state index < -0.39 is 0 Å². The zero-order valence-electron chi connectivity index (χ0n) is 14.6. The summed E-state index contributed by atoms with van der Waals surface area (Å²) in [5.74, 6) is 2.02. The standard InChI is InChI=1S/C17H22ClFN6/c1-11-22-23-16(25(11)3)9-20-17(21-12-7-8-12)24(2)10-13-14(18)5-4-6-15(13)19/h4-6,12H,7-10H2,1-3H3,(H,20,21). The molecule has 0 amide bonds. The summed E-state index contributed by atoms with van der Waals surface area (Å²) in [5, 5.41) is 12.0. The van der Waals surface area contributed by atoms with E-state index in [1.54, 1.807) is 12.1 Å². The van der Waals surface area contributed by atoms with Crippen LogP contribution in [0.4, 0.5) is 4.39 Å². The van der Waals surface area contributed by atoms with Crippen molar-refractivity contribution in [1.29, 1.82) is 0 Å². The molecule has 1 saturated carbocycles. The Labute approximate surface area is 151 Å². The van der Waals surface area contributed by atoms with Crippen LogP contribution in [0.5, 0.6) is 0 Å². The van der Waals surface area contributed by atoms with Crippen molar-refractivity contribution < 1.29 is 4.39 Å². The number of nitrogens with one attached hydrogen (secondary N) is 1. The largest absolute Gasteiger partial charge is 0.353 e. The minimum atomic E-state index is -0.311. The molecule has 0 saturated heterocycles. The van der Waals surface area contributed by atoms with Crippen LogP contribution in [0.1, 0.15) is 30.1 Å². The van der Waals surface area contributed by atoms with Gasteiger partial charge in [0.25, 0.3) is 0 Å². The molecular weight excluding hydrogens is 343 g/mol. The first-order chi connectivity index (χ1) is 12.0. The number of aliphatic imine (C=N–C) groups is 1. The second-order valence-electron chi connectivity index (χ2n) is 6.34. The summed E-state index contributed by atoms with van der Waals surface area (Å²) in [7, 11) is 3.79. The summed E-state index contributed by atoms with van der Waals surface area (Å²) >= 11 is 6.14. The van der Waals surface area contributed by atoms with Gasteiger partial charge in [0, 0.05) is 37.3 Å². The molecule has 1 aliphatic rings. The smallest absolute Gasteiger partial charge is 0.194 e. The van der Waals surface area contributed by atoms with Crippen LogP contribution in [0.3, 0.4) is 0 Å². The maximum absolute atomic E-state index is 14.1. The van der Waals surface area contributed by atoms with Crippen molar-refractivity contribution in [2.45, 2.75) is 38.9 Å². The maximum atomic E-state index is 14.1. The molecule has 1 aromatic heterocycles. The fourth-order valence-corrected chi connectivity index (χ4v) is 2.64. The van der Waals surface area contributed by atoms with E-state index in [2.05, 4.69) is 20.5 Å². The van der Waals surface area contributed by atoms with Crippen molar-refractivity contribution >= 4 is 17.6 Å². The Kier molecular flexibility index (Phi) is 5.22. The molecule has 0 atom stereocenters. The number of aryl methyl sites for hydroxylation is 1. The van der Waals surface area contributed by atoms with Crippen LogP contribution in [0.25, 0.3) is 0 Å². The van der Waals surface area contributed by atoms with Crippen molar-refractivity contribution in [2.75, 3.05) is 7.05 Å². The third kappa shape index (κ3) is 4.28. The fraction of sp³-hybridized carbons (Fsp3) is 0.471. The van der Waals surface area contributed by atoms with Gasteiger partial charge in [-0.2, -0.15) is 0 Å². The summed E-state index contributed by atoms with van der Waals surface area (Å²) in [6, 6.07) is 5.15. The van der Waals surface area contributed by atoms with Crippen LogP contribution in [0.2, 0.25) is 5.02 Å². The van der Waals surface area contributed by atoms with Crippen LogP contribution in [-0.4, -0.2) is 38.7 Å². The summed E-state index contributed by atoms with van der Waals surface area (Å²) in [6.07, 6.45) is 2.24. The van der Waals surface area contributed by atoms with E-state index in [0.717, 1.165) is 24.5 Å². The Morgan fingerprint density at radius 2 is 2.20 bits per heavy atom. The molecule has 0 spiro atoms. The van der Waals surface area contributed by atoms with Crippen molar-refractivity contribution in [3.8, 4) is 0 Å². The van der Waals surface area contributed by atoms with Gasteiger partial charge in [0.05, 0.1) is 0 Å². The van der Waals surface area contributed by atoms with Gasteiger partial charge in [-0.15, -0.1) is 10.2 Å². The highest BCUT2D eigenvalue weighted by Gasteiger charge is 2.24. The quantitative estimate of drug-likeness (QED) is 0.654. The third-order valence-electron chi connectivity index (χ3n) is 4.28. The van der Waals surface area contributed by atoms with Gasteiger partial charge in [-0.05, 0) is 31.9 Å². The normalized spacial score (nSPS) is 14.7. The molecule has 134 valence electrons. The highest BCUT2D eigenvalue weighted by atomic mass is 35.5. The van der Waals surface area contributed by atoms with Gasteiger partial charge in [0.15, 0.2) is 11.8 Å². The van der Waals surface area contributed by atoms with E-state index in [9.17, 15) is 4.39 Å². The average molecular weight is 365 g/mol. The molecule has 8 heteroatoms.